The van der Waals surface area contributed by atoms with Crippen molar-refractivity contribution in [2.24, 2.45) is 0 Å². The molecule has 0 radical (unpaired) electrons. The molecule has 0 aliphatic carbocycles. The van der Waals surface area contributed by atoms with Gasteiger partial charge >= 0.3 is 0 Å². The summed E-state index contributed by atoms with van der Waals surface area (Å²) < 4.78 is 2.33. The van der Waals surface area contributed by atoms with Crippen molar-refractivity contribution in [1.29, 1.82) is 0 Å². The van der Waals surface area contributed by atoms with Gasteiger partial charge in [0.05, 0.1) is 10.2 Å². The highest BCUT2D eigenvalue weighted by atomic mass is 32.1. The third-order valence-electron chi connectivity index (χ3n) is 5.09. The van der Waals surface area contributed by atoms with Crippen LogP contribution in [0.1, 0.15) is 22.4 Å². The first-order chi connectivity index (χ1) is 14.0. The summed E-state index contributed by atoms with van der Waals surface area (Å²) in [5, 5.41) is 3.67. The monoisotopic (exact) mass is 402 g/mol. The number of H-pyrrole nitrogens is 2. The Morgan fingerprint density at radius 3 is 2.69 bits per heavy atom. The summed E-state index contributed by atoms with van der Waals surface area (Å²) in [7, 11) is 0. The molecule has 0 aliphatic rings. The Morgan fingerprint density at radius 1 is 1.07 bits per heavy atom. The van der Waals surface area contributed by atoms with Crippen LogP contribution in [0.4, 0.5) is 0 Å². The van der Waals surface area contributed by atoms with Gasteiger partial charge in [-0.2, -0.15) is 4.68 Å². The average molecular weight is 402 g/mol. The maximum Gasteiger partial charge on any atom is 0.286 e. The van der Waals surface area contributed by atoms with Gasteiger partial charge in [-0.25, -0.2) is 4.98 Å². The van der Waals surface area contributed by atoms with Gasteiger partial charge in [-0.05, 0) is 31.5 Å². The van der Waals surface area contributed by atoms with Crippen LogP contribution in [-0.4, -0.2) is 19.7 Å². The lowest BCUT2D eigenvalue weighted by molar-refractivity contribution is 0.850. The summed E-state index contributed by atoms with van der Waals surface area (Å²) in [4.78, 5) is 34.0. The van der Waals surface area contributed by atoms with E-state index in [0.29, 0.717) is 22.8 Å². The van der Waals surface area contributed by atoms with E-state index in [0.717, 1.165) is 27.0 Å². The maximum absolute atomic E-state index is 13.2. The summed E-state index contributed by atoms with van der Waals surface area (Å²) in [6, 6.07) is 15.7. The SMILES string of the molecule is Cc1cccc(Cc2c(C)[nH]c3[nH]n(-c4nc5ccccc5s4)c(=O)c3c2=O)c1. The Morgan fingerprint density at radius 2 is 1.90 bits per heavy atom. The molecule has 0 saturated carbocycles. The zero-order chi connectivity index (χ0) is 20.1. The molecule has 144 valence electrons. The summed E-state index contributed by atoms with van der Waals surface area (Å²) in [6.07, 6.45) is 0.477. The number of fused-ring (bicyclic) bond motifs is 2. The Balaban J connectivity index is 1.68. The highest BCUT2D eigenvalue weighted by Gasteiger charge is 2.19. The normalized spacial score (nSPS) is 11.5. The van der Waals surface area contributed by atoms with E-state index < -0.39 is 0 Å². The summed E-state index contributed by atoms with van der Waals surface area (Å²) in [6.45, 7) is 3.88. The van der Waals surface area contributed by atoms with Gasteiger partial charge in [0.25, 0.3) is 5.56 Å². The van der Waals surface area contributed by atoms with Crippen LogP contribution in [0.5, 0.6) is 0 Å². The van der Waals surface area contributed by atoms with Crippen molar-refractivity contribution >= 4 is 32.6 Å². The Bertz CT molecular complexity index is 1470. The number of hydrogen-bond acceptors (Lipinski definition) is 4. The second kappa shape index (κ2) is 6.56. The number of aromatic nitrogens is 4. The molecule has 7 heteroatoms. The third kappa shape index (κ3) is 2.91. The van der Waals surface area contributed by atoms with Gasteiger partial charge in [-0.3, -0.25) is 14.7 Å². The number of benzene rings is 2. The van der Waals surface area contributed by atoms with E-state index in [9.17, 15) is 9.59 Å². The largest absolute Gasteiger partial charge is 0.343 e. The molecule has 0 amide bonds. The minimum atomic E-state index is -0.384. The molecule has 3 heterocycles. The zero-order valence-electron chi connectivity index (χ0n) is 15.9. The number of aryl methyl sites for hydroxylation is 2. The molecule has 5 aromatic rings. The lowest BCUT2D eigenvalue weighted by Gasteiger charge is -2.06. The molecule has 6 nitrogen and oxygen atoms in total. The Kier molecular flexibility index (Phi) is 3.99. The molecule has 0 spiro atoms. The van der Waals surface area contributed by atoms with Crippen molar-refractivity contribution in [1.82, 2.24) is 19.7 Å². The van der Waals surface area contributed by atoms with Crippen LogP contribution in [0.25, 0.3) is 26.4 Å². The zero-order valence-corrected chi connectivity index (χ0v) is 16.8. The summed E-state index contributed by atoms with van der Waals surface area (Å²) in [5.74, 6) is 0. The fraction of sp³-hybridized carbons (Fsp3) is 0.136. The minimum absolute atomic E-state index is 0.137. The maximum atomic E-state index is 13.2. The van der Waals surface area contributed by atoms with Crippen LogP contribution in [-0.2, 0) is 6.42 Å². The number of thiazole rings is 1. The fourth-order valence-corrected chi connectivity index (χ4v) is 4.58. The predicted octanol–water partition coefficient (Wildman–Crippen LogP) is 3.82. The quantitative estimate of drug-likeness (QED) is 0.481. The van der Waals surface area contributed by atoms with Gasteiger partial charge in [-0.1, -0.05) is 53.3 Å². The molecule has 2 aromatic carbocycles. The van der Waals surface area contributed by atoms with Gasteiger partial charge in [0, 0.05) is 17.7 Å². The number of pyridine rings is 1. The second-order valence-corrected chi connectivity index (χ2v) is 8.20. The molecular weight excluding hydrogens is 384 g/mol. The van der Waals surface area contributed by atoms with Crippen LogP contribution >= 0.6 is 11.3 Å². The van der Waals surface area contributed by atoms with Gasteiger partial charge in [0.15, 0.2) is 5.43 Å². The summed E-state index contributed by atoms with van der Waals surface area (Å²) >= 11 is 1.40. The highest BCUT2D eigenvalue weighted by Crippen LogP contribution is 2.24. The fourth-order valence-electron chi connectivity index (χ4n) is 3.65. The smallest absolute Gasteiger partial charge is 0.286 e. The number of nitrogens with zero attached hydrogens (tertiary/aromatic N) is 2. The predicted molar refractivity (Wildman–Crippen MR) is 116 cm³/mol. The molecule has 0 aliphatic heterocycles. The number of rotatable bonds is 3. The van der Waals surface area contributed by atoms with E-state index in [1.54, 1.807) is 0 Å². The van der Waals surface area contributed by atoms with E-state index in [4.69, 9.17) is 0 Å². The standard InChI is InChI=1S/C22H18N4O2S/c1-12-6-5-7-14(10-12)11-15-13(2)23-20-18(19(15)27)21(28)26(25-20)22-24-16-8-3-4-9-17(16)29-22/h3-10H,11H2,1-2H3,(H2,23,25,27). The van der Waals surface area contributed by atoms with Crippen LogP contribution in [0, 0.1) is 13.8 Å². The van der Waals surface area contributed by atoms with Gasteiger partial charge in [-0.15, -0.1) is 0 Å². The first kappa shape index (κ1) is 17.6. The van der Waals surface area contributed by atoms with Gasteiger partial charge in [0.2, 0.25) is 5.13 Å². The third-order valence-corrected chi connectivity index (χ3v) is 6.12. The first-order valence-corrected chi connectivity index (χ1v) is 10.1. The van der Waals surface area contributed by atoms with E-state index >= 15 is 0 Å². The van der Waals surface area contributed by atoms with Gasteiger partial charge < -0.3 is 4.98 Å². The molecule has 0 bridgehead atoms. The van der Waals surface area contributed by atoms with Crippen molar-refractivity contribution in [2.75, 3.05) is 0 Å². The minimum Gasteiger partial charge on any atom is -0.343 e. The van der Waals surface area contributed by atoms with E-state index in [-0.39, 0.29) is 16.4 Å². The number of aromatic amines is 2. The topological polar surface area (TPSA) is 83.5 Å². The molecule has 5 rings (SSSR count). The van der Waals surface area contributed by atoms with Crippen molar-refractivity contribution in [3.8, 4) is 5.13 Å². The Labute approximate surface area is 169 Å². The molecular formula is C22H18N4O2S. The highest BCUT2D eigenvalue weighted by molar-refractivity contribution is 7.20. The van der Waals surface area contributed by atoms with E-state index in [1.165, 1.54) is 16.0 Å². The molecule has 2 N–H and O–H groups in total. The number of hydrogen-bond donors (Lipinski definition) is 2. The lowest BCUT2D eigenvalue weighted by Crippen LogP contribution is -2.21. The number of para-hydroxylation sites is 1. The van der Waals surface area contributed by atoms with Crippen molar-refractivity contribution < 1.29 is 0 Å². The van der Waals surface area contributed by atoms with Crippen molar-refractivity contribution in [3.63, 3.8) is 0 Å². The first-order valence-electron chi connectivity index (χ1n) is 9.29. The van der Waals surface area contributed by atoms with E-state index in [1.807, 2.05) is 56.3 Å². The van der Waals surface area contributed by atoms with Crippen molar-refractivity contribution in [2.45, 2.75) is 20.3 Å². The number of nitrogens with one attached hydrogen (secondary N) is 2. The lowest BCUT2D eigenvalue weighted by atomic mass is 10.0. The van der Waals surface area contributed by atoms with Crippen LogP contribution < -0.4 is 11.0 Å². The Hall–Kier alpha value is -3.45. The van der Waals surface area contributed by atoms with Crippen LogP contribution in [0.2, 0.25) is 0 Å². The molecule has 0 atom stereocenters. The van der Waals surface area contributed by atoms with Crippen LogP contribution in [0.15, 0.2) is 58.1 Å². The molecule has 29 heavy (non-hydrogen) atoms. The second-order valence-electron chi connectivity index (χ2n) is 7.19. The molecule has 0 fully saturated rings. The summed E-state index contributed by atoms with van der Waals surface area (Å²) in [5.41, 5.74) is 4.16. The molecule has 3 aromatic heterocycles. The van der Waals surface area contributed by atoms with Crippen molar-refractivity contribution in [3.05, 3.63) is 91.5 Å². The molecule has 0 unspecified atom stereocenters. The van der Waals surface area contributed by atoms with E-state index in [2.05, 4.69) is 21.1 Å². The average Bonchev–Trinajstić information content (AvgIpc) is 3.26. The van der Waals surface area contributed by atoms with Gasteiger partial charge in [0.1, 0.15) is 11.0 Å². The molecule has 0 saturated heterocycles. The van der Waals surface area contributed by atoms with Crippen LogP contribution in [0.3, 0.4) is 0 Å².